The quantitative estimate of drug-likeness (QED) is 0.162. The number of benzene rings is 4. The van der Waals surface area contributed by atoms with Crippen LogP contribution >= 0.6 is 0 Å². The summed E-state index contributed by atoms with van der Waals surface area (Å²) in [6.45, 7) is 13.6. The van der Waals surface area contributed by atoms with E-state index in [1.54, 1.807) is 12.1 Å². The van der Waals surface area contributed by atoms with Crippen LogP contribution in [0, 0.1) is 24.8 Å². The van der Waals surface area contributed by atoms with Crippen LogP contribution in [-0.2, 0) is 25.5 Å². The van der Waals surface area contributed by atoms with E-state index >= 15 is 0 Å². The number of imidazole rings is 1. The summed E-state index contributed by atoms with van der Waals surface area (Å²) in [6, 6.07) is 32.4. The van der Waals surface area contributed by atoms with Crippen LogP contribution in [-0.4, -0.2) is 19.5 Å². The van der Waals surface area contributed by atoms with Crippen LogP contribution in [0.1, 0.15) is 86.7 Å². The minimum atomic E-state index is -2.15. The Kier molecular flexibility index (Phi) is 9.69. The molecule has 8 rings (SSSR count). The molecule has 5 nitrogen and oxygen atoms in total. The molecule has 0 N–H and O–H groups in total. The smallest absolute Gasteiger partial charge is 0.120 e. The topological polar surface area (TPSA) is 56.7 Å². The Morgan fingerprint density at radius 2 is 1.58 bits per heavy atom. The largest absolute Gasteiger partial charge is 0.501 e. The SMILES string of the molecule is CC(C)c1cccc(C(C)C)c1-n1c(-c2[c-]ccc3c2oc2ccccc23)nc2cncc(C(C)(C)C)c21.[2H]C([2H])([2H])c1ccc(-c2[c-]cc(F)cc2)nc1.[Ir]. The fraction of sp³-hybridized carbons (Fsp3) is 0.239. The van der Waals surface area contributed by atoms with Crippen molar-refractivity contribution in [2.24, 2.45) is 0 Å². The Labute approximate surface area is 328 Å². The van der Waals surface area contributed by atoms with Crippen molar-refractivity contribution < 1.29 is 33.0 Å². The molecule has 8 aromatic rings. The standard InChI is InChI=1S/C34H34N3O.C12H9FN.Ir/c1-20(2)22-13-10-14-23(21(3)4)30(22)37-31-27(34(5,6)7)18-35-19-28(31)36-33(37)26-16-11-15-25-24-12-8-9-17-29(24)38-32(25)26;1-9-2-7-12(14-8-9)10-3-5-11(13)6-4-10;/h8-15,17-21H,1-7H3;2-3,5-8H,1H3;/q2*-1;/i;1D3;. The molecule has 0 saturated heterocycles. The van der Waals surface area contributed by atoms with Gasteiger partial charge in [-0.3, -0.25) is 14.4 Å². The normalized spacial score (nSPS) is 12.8. The van der Waals surface area contributed by atoms with Gasteiger partial charge in [-0.1, -0.05) is 108 Å². The fourth-order valence-corrected chi connectivity index (χ4v) is 6.71. The Balaban J connectivity index is 0.000000248. The molecule has 4 aromatic heterocycles. The summed E-state index contributed by atoms with van der Waals surface area (Å²) in [5, 5.41) is 2.17. The molecular weight excluding hydrogens is 836 g/mol. The molecule has 0 aliphatic rings. The predicted molar refractivity (Wildman–Crippen MR) is 210 cm³/mol. The second-order valence-electron chi connectivity index (χ2n) is 14.7. The molecule has 0 atom stereocenters. The van der Waals surface area contributed by atoms with Gasteiger partial charge in [0.2, 0.25) is 0 Å². The maximum Gasteiger partial charge on any atom is 0.120 e. The number of hydrogen-bond donors (Lipinski definition) is 0. The molecule has 0 amide bonds. The first-order valence-electron chi connectivity index (χ1n) is 19.1. The maximum absolute atomic E-state index is 12.7. The molecule has 53 heavy (non-hydrogen) atoms. The van der Waals surface area contributed by atoms with Crippen LogP contribution in [0.15, 0.2) is 108 Å². The molecule has 0 unspecified atom stereocenters. The molecule has 0 saturated carbocycles. The number of aryl methyl sites for hydroxylation is 1. The third kappa shape index (κ3) is 7.33. The average Bonchev–Trinajstić information content (AvgIpc) is 3.73. The molecule has 0 aliphatic heterocycles. The molecular formula is C46H43FIrN4O-2. The van der Waals surface area contributed by atoms with Gasteiger partial charge in [-0.15, -0.1) is 48.0 Å². The summed E-state index contributed by atoms with van der Waals surface area (Å²) in [7, 11) is 0. The van der Waals surface area contributed by atoms with E-state index in [0.29, 0.717) is 23.1 Å². The minimum absolute atomic E-state index is 0. The van der Waals surface area contributed by atoms with E-state index in [4.69, 9.17) is 13.5 Å². The summed E-state index contributed by atoms with van der Waals surface area (Å²) in [5.74, 6) is 1.13. The van der Waals surface area contributed by atoms with Gasteiger partial charge in [0.05, 0.1) is 28.6 Å². The number of fused-ring (bicyclic) bond motifs is 4. The van der Waals surface area contributed by atoms with Gasteiger partial charge >= 0.3 is 0 Å². The van der Waals surface area contributed by atoms with Crippen LogP contribution in [0.4, 0.5) is 4.39 Å². The molecule has 1 radical (unpaired) electrons. The summed E-state index contributed by atoms with van der Waals surface area (Å²) >= 11 is 0. The van der Waals surface area contributed by atoms with Crippen molar-refractivity contribution in [2.75, 3.05) is 0 Å². The Bertz CT molecular complexity index is 2610. The van der Waals surface area contributed by atoms with E-state index in [2.05, 4.69) is 112 Å². The van der Waals surface area contributed by atoms with Crippen LogP contribution in [0.25, 0.3) is 61.3 Å². The van der Waals surface area contributed by atoms with Crippen molar-refractivity contribution in [3.05, 3.63) is 144 Å². The Hall–Kier alpha value is -4.97. The molecule has 271 valence electrons. The Morgan fingerprint density at radius 3 is 2.23 bits per heavy atom. The van der Waals surface area contributed by atoms with E-state index in [1.165, 1.54) is 46.8 Å². The summed E-state index contributed by atoms with van der Waals surface area (Å²) in [4.78, 5) is 13.9. The van der Waals surface area contributed by atoms with E-state index < -0.39 is 6.85 Å². The first-order valence-corrected chi connectivity index (χ1v) is 17.6. The number of furan rings is 1. The zero-order valence-corrected chi connectivity index (χ0v) is 33.3. The maximum atomic E-state index is 12.7. The number of hydrogen-bond acceptors (Lipinski definition) is 4. The fourth-order valence-electron chi connectivity index (χ4n) is 6.71. The molecule has 4 heterocycles. The Morgan fingerprint density at radius 1 is 0.830 bits per heavy atom. The number of aromatic nitrogens is 4. The van der Waals surface area contributed by atoms with Gasteiger partial charge in [0.1, 0.15) is 5.58 Å². The zero-order chi connectivity index (χ0) is 39.2. The van der Waals surface area contributed by atoms with Crippen LogP contribution in [0.2, 0.25) is 0 Å². The molecule has 0 bridgehead atoms. The second-order valence-corrected chi connectivity index (χ2v) is 14.7. The van der Waals surface area contributed by atoms with Gasteiger partial charge in [0.25, 0.3) is 0 Å². The van der Waals surface area contributed by atoms with Crippen molar-refractivity contribution in [1.29, 1.82) is 0 Å². The first-order chi connectivity index (χ1) is 26.1. The molecule has 0 aliphatic carbocycles. The van der Waals surface area contributed by atoms with Gasteiger partial charge < -0.3 is 14.0 Å². The van der Waals surface area contributed by atoms with E-state index in [1.807, 2.05) is 30.6 Å². The monoisotopic (exact) mass is 882 g/mol. The summed E-state index contributed by atoms with van der Waals surface area (Å²) < 4.78 is 43.2. The molecule has 4 aromatic carbocycles. The summed E-state index contributed by atoms with van der Waals surface area (Å²) in [6.07, 6.45) is 5.19. The second kappa shape index (κ2) is 15.2. The van der Waals surface area contributed by atoms with E-state index in [0.717, 1.165) is 44.4 Å². The number of para-hydroxylation sites is 2. The van der Waals surface area contributed by atoms with Crippen molar-refractivity contribution in [3.8, 4) is 28.3 Å². The van der Waals surface area contributed by atoms with Crippen molar-refractivity contribution >= 4 is 33.0 Å². The zero-order valence-electron chi connectivity index (χ0n) is 33.9. The third-order valence-electron chi connectivity index (χ3n) is 9.31. The van der Waals surface area contributed by atoms with Crippen molar-refractivity contribution in [2.45, 2.75) is 72.6 Å². The first kappa shape index (κ1) is 33.8. The minimum Gasteiger partial charge on any atom is -0.501 e. The van der Waals surface area contributed by atoms with E-state index in [9.17, 15) is 4.39 Å². The van der Waals surface area contributed by atoms with Gasteiger partial charge in [-0.05, 0) is 52.6 Å². The van der Waals surface area contributed by atoms with Gasteiger partial charge in [0.15, 0.2) is 0 Å². The third-order valence-corrected chi connectivity index (χ3v) is 9.31. The van der Waals surface area contributed by atoms with Crippen molar-refractivity contribution in [1.82, 2.24) is 19.5 Å². The van der Waals surface area contributed by atoms with Gasteiger partial charge in [0, 0.05) is 59.1 Å². The molecule has 0 fully saturated rings. The average molecular weight is 882 g/mol. The van der Waals surface area contributed by atoms with Crippen molar-refractivity contribution in [3.63, 3.8) is 0 Å². The van der Waals surface area contributed by atoms with Gasteiger partial charge in [-0.25, -0.2) is 0 Å². The van der Waals surface area contributed by atoms with Crippen LogP contribution < -0.4 is 0 Å². The number of rotatable bonds is 5. The number of pyridine rings is 2. The van der Waals surface area contributed by atoms with Crippen LogP contribution in [0.3, 0.4) is 0 Å². The van der Waals surface area contributed by atoms with Crippen LogP contribution in [0.5, 0.6) is 0 Å². The van der Waals surface area contributed by atoms with Gasteiger partial charge in [-0.2, -0.15) is 0 Å². The molecule has 7 heteroatoms. The van der Waals surface area contributed by atoms with E-state index in [-0.39, 0.29) is 36.9 Å². The summed E-state index contributed by atoms with van der Waals surface area (Å²) in [5.41, 5.74) is 10.7. The predicted octanol–water partition coefficient (Wildman–Crippen LogP) is 12.3. The number of nitrogens with zero attached hydrogens (tertiary/aromatic N) is 4. The number of halogens is 1. The molecule has 0 spiro atoms.